The monoisotopic (exact) mass is 340 g/mol. The summed E-state index contributed by atoms with van der Waals surface area (Å²) in [6, 6.07) is 8.12. The van der Waals surface area contributed by atoms with E-state index in [0.717, 1.165) is 35.4 Å². The molecule has 0 spiro atoms. The quantitative estimate of drug-likeness (QED) is 0.268. The summed E-state index contributed by atoms with van der Waals surface area (Å²) in [5.41, 5.74) is 2.10. The molecule has 0 aliphatic rings. The standard InChI is InChI=1S/C17H20N6S/c1-2-18-10-6-5-9-16-21-22-17(24)23(16)20-12-13-11-19-15-8-4-3-7-14(13)15/h3-8,11-12,18-19H,2,9-10H2,1H3,(H,22,24)/b6-5-,20-12+. The Balaban J connectivity index is 1.78. The summed E-state index contributed by atoms with van der Waals surface area (Å²) >= 11 is 5.27. The Hall–Kier alpha value is -2.51. The fourth-order valence-corrected chi connectivity index (χ4v) is 2.59. The first-order valence-corrected chi connectivity index (χ1v) is 8.33. The van der Waals surface area contributed by atoms with Crippen molar-refractivity contribution in [3.8, 4) is 0 Å². The lowest BCUT2D eigenvalue weighted by Crippen LogP contribution is -2.11. The summed E-state index contributed by atoms with van der Waals surface area (Å²) in [7, 11) is 0. The van der Waals surface area contributed by atoms with Crippen LogP contribution in [-0.2, 0) is 6.42 Å². The number of nitrogens with zero attached hydrogens (tertiary/aromatic N) is 3. The van der Waals surface area contributed by atoms with E-state index in [1.54, 1.807) is 10.9 Å². The maximum atomic E-state index is 5.27. The van der Waals surface area contributed by atoms with Gasteiger partial charge in [-0.1, -0.05) is 37.3 Å². The lowest BCUT2D eigenvalue weighted by Gasteiger charge is -1.98. The molecule has 2 heterocycles. The molecule has 0 atom stereocenters. The molecular formula is C17H20N6S. The molecule has 0 bridgehead atoms. The van der Waals surface area contributed by atoms with Crippen LogP contribution in [0, 0.1) is 4.77 Å². The topological polar surface area (TPSA) is 73.8 Å². The molecule has 6 nitrogen and oxygen atoms in total. The van der Waals surface area contributed by atoms with E-state index in [-0.39, 0.29) is 0 Å². The van der Waals surface area contributed by atoms with Crippen molar-refractivity contribution in [1.29, 1.82) is 0 Å². The number of hydrogen-bond donors (Lipinski definition) is 3. The van der Waals surface area contributed by atoms with Crippen LogP contribution >= 0.6 is 12.2 Å². The highest BCUT2D eigenvalue weighted by Gasteiger charge is 2.04. The van der Waals surface area contributed by atoms with Crippen LogP contribution in [0.3, 0.4) is 0 Å². The third kappa shape index (κ3) is 3.69. The number of fused-ring (bicyclic) bond motifs is 1. The average Bonchev–Trinajstić information content (AvgIpc) is 3.17. The third-order valence-corrected chi connectivity index (χ3v) is 3.89. The van der Waals surface area contributed by atoms with E-state index in [0.29, 0.717) is 11.2 Å². The van der Waals surface area contributed by atoms with Gasteiger partial charge < -0.3 is 10.3 Å². The van der Waals surface area contributed by atoms with Crippen LogP contribution < -0.4 is 5.32 Å². The first kappa shape index (κ1) is 16.4. The Morgan fingerprint density at radius 1 is 1.33 bits per heavy atom. The van der Waals surface area contributed by atoms with Gasteiger partial charge in [0.15, 0.2) is 5.82 Å². The first-order chi connectivity index (χ1) is 11.8. The van der Waals surface area contributed by atoms with Crippen molar-refractivity contribution < 1.29 is 0 Å². The van der Waals surface area contributed by atoms with E-state index in [4.69, 9.17) is 12.2 Å². The van der Waals surface area contributed by atoms with Gasteiger partial charge in [0.2, 0.25) is 4.77 Å². The van der Waals surface area contributed by atoms with Gasteiger partial charge in [0.05, 0.1) is 6.21 Å². The summed E-state index contributed by atoms with van der Waals surface area (Å²) < 4.78 is 2.15. The number of hydrogen-bond acceptors (Lipinski definition) is 4. The lowest BCUT2D eigenvalue weighted by atomic mass is 10.2. The highest BCUT2D eigenvalue weighted by atomic mass is 32.1. The van der Waals surface area contributed by atoms with Crippen molar-refractivity contribution in [2.45, 2.75) is 13.3 Å². The minimum absolute atomic E-state index is 0.487. The Kier molecular flexibility index (Phi) is 5.35. The number of para-hydroxylation sites is 1. The minimum Gasteiger partial charge on any atom is -0.361 e. The van der Waals surface area contributed by atoms with Crippen LogP contribution in [0.25, 0.3) is 10.9 Å². The summed E-state index contributed by atoms with van der Waals surface area (Å²) in [6.07, 6.45) is 8.55. The molecule has 0 saturated heterocycles. The zero-order valence-electron chi connectivity index (χ0n) is 13.5. The van der Waals surface area contributed by atoms with Crippen molar-refractivity contribution >= 4 is 29.3 Å². The molecule has 3 aromatic rings. The predicted molar refractivity (Wildman–Crippen MR) is 100 cm³/mol. The number of aromatic nitrogens is 4. The van der Waals surface area contributed by atoms with Gasteiger partial charge >= 0.3 is 0 Å². The number of likely N-dealkylation sites (N-methyl/N-ethyl adjacent to an activating group) is 1. The highest BCUT2D eigenvalue weighted by molar-refractivity contribution is 7.71. The minimum atomic E-state index is 0.487. The van der Waals surface area contributed by atoms with Crippen molar-refractivity contribution in [3.63, 3.8) is 0 Å². The molecule has 2 aromatic heterocycles. The molecular weight excluding hydrogens is 320 g/mol. The molecule has 7 heteroatoms. The Bertz CT molecular complexity index is 914. The van der Waals surface area contributed by atoms with Crippen molar-refractivity contribution in [1.82, 2.24) is 25.2 Å². The molecule has 24 heavy (non-hydrogen) atoms. The second-order valence-electron chi connectivity index (χ2n) is 5.27. The van der Waals surface area contributed by atoms with E-state index in [1.165, 1.54) is 0 Å². The maximum absolute atomic E-state index is 5.27. The number of aromatic amines is 2. The van der Waals surface area contributed by atoms with E-state index in [2.05, 4.69) is 50.7 Å². The number of nitrogens with one attached hydrogen (secondary N) is 3. The van der Waals surface area contributed by atoms with E-state index in [1.807, 2.05) is 24.4 Å². The van der Waals surface area contributed by atoms with E-state index in [9.17, 15) is 0 Å². The number of rotatable bonds is 7. The Morgan fingerprint density at radius 3 is 3.08 bits per heavy atom. The number of benzene rings is 1. The van der Waals surface area contributed by atoms with Crippen molar-refractivity contribution in [3.05, 3.63) is 58.8 Å². The lowest BCUT2D eigenvalue weighted by molar-refractivity contribution is 0.786. The molecule has 0 fully saturated rings. The molecule has 3 N–H and O–H groups in total. The van der Waals surface area contributed by atoms with E-state index >= 15 is 0 Å². The third-order valence-electron chi connectivity index (χ3n) is 3.63. The maximum Gasteiger partial charge on any atom is 0.216 e. The van der Waals surface area contributed by atoms with Crippen LogP contribution in [-0.4, -0.2) is 39.2 Å². The zero-order chi connectivity index (χ0) is 16.8. The smallest absolute Gasteiger partial charge is 0.216 e. The second kappa shape index (κ2) is 7.85. The molecule has 0 aliphatic carbocycles. The van der Waals surface area contributed by atoms with Crippen molar-refractivity contribution in [2.24, 2.45) is 5.10 Å². The van der Waals surface area contributed by atoms with Crippen LogP contribution in [0.2, 0.25) is 0 Å². The first-order valence-electron chi connectivity index (χ1n) is 7.92. The molecule has 0 saturated carbocycles. The summed E-state index contributed by atoms with van der Waals surface area (Å²) in [6.45, 7) is 3.89. The largest absolute Gasteiger partial charge is 0.361 e. The molecule has 0 aliphatic heterocycles. The van der Waals surface area contributed by atoms with Gasteiger partial charge in [-0.2, -0.15) is 14.9 Å². The van der Waals surface area contributed by atoms with Gasteiger partial charge in [0.25, 0.3) is 0 Å². The molecule has 1 aromatic carbocycles. The molecule has 3 rings (SSSR count). The number of allylic oxidation sites excluding steroid dienone is 1. The van der Waals surface area contributed by atoms with Gasteiger partial charge in [-0.15, -0.1) is 0 Å². The van der Waals surface area contributed by atoms with Gasteiger partial charge in [-0.05, 0) is 24.8 Å². The zero-order valence-corrected chi connectivity index (χ0v) is 14.3. The average molecular weight is 340 g/mol. The molecule has 124 valence electrons. The SMILES string of the molecule is CCNC/C=C\Cc1n[nH]c(=S)n1/N=C/c1c[nH]c2ccccc12. The second-order valence-corrected chi connectivity index (χ2v) is 5.66. The predicted octanol–water partition coefficient (Wildman–Crippen LogP) is 3.01. The molecule has 0 radical (unpaired) electrons. The summed E-state index contributed by atoms with van der Waals surface area (Å²) in [5, 5.41) is 15.9. The van der Waals surface area contributed by atoms with Gasteiger partial charge in [-0.3, -0.25) is 5.10 Å². The highest BCUT2D eigenvalue weighted by Crippen LogP contribution is 2.15. The summed E-state index contributed by atoms with van der Waals surface area (Å²) in [5.74, 6) is 0.781. The van der Waals surface area contributed by atoms with E-state index < -0.39 is 0 Å². The fraction of sp³-hybridized carbons (Fsp3) is 0.235. The fourth-order valence-electron chi connectivity index (χ4n) is 2.40. The van der Waals surface area contributed by atoms with Gasteiger partial charge in [0, 0.05) is 35.6 Å². The van der Waals surface area contributed by atoms with Crippen molar-refractivity contribution in [2.75, 3.05) is 13.1 Å². The summed E-state index contributed by atoms with van der Waals surface area (Å²) in [4.78, 5) is 3.23. The normalized spacial score (nSPS) is 12.0. The van der Waals surface area contributed by atoms with Crippen LogP contribution in [0.4, 0.5) is 0 Å². The van der Waals surface area contributed by atoms with Crippen LogP contribution in [0.15, 0.2) is 47.7 Å². The molecule has 0 unspecified atom stereocenters. The van der Waals surface area contributed by atoms with Crippen LogP contribution in [0.1, 0.15) is 18.3 Å². The van der Waals surface area contributed by atoms with Gasteiger partial charge in [0.1, 0.15) is 0 Å². The Morgan fingerprint density at radius 2 is 2.21 bits per heavy atom. The molecule has 0 amide bonds. The van der Waals surface area contributed by atoms with Crippen LogP contribution in [0.5, 0.6) is 0 Å². The number of H-pyrrole nitrogens is 2. The van der Waals surface area contributed by atoms with Gasteiger partial charge in [-0.25, -0.2) is 0 Å². The Labute approximate surface area is 145 Å².